The average Bonchev–Trinajstić information content (AvgIpc) is 3.54. The van der Waals surface area contributed by atoms with Crippen LogP contribution in [0.2, 0.25) is 0 Å². The number of rotatable bonds is 8. The van der Waals surface area contributed by atoms with Gasteiger partial charge in [-0.05, 0) is 70.9 Å². The third-order valence-corrected chi connectivity index (χ3v) is 6.40. The predicted octanol–water partition coefficient (Wildman–Crippen LogP) is 6.50. The molecule has 1 aliphatic heterocycles. The minimum absolute atomic E-state index is 0.219. The molecule has 5 rings (SSSR count). The van der Waals surface area contributed by atoms with E-state index in [2.05, 4.69) is 10.2 Å². The number of furan rings is 1. The first kappa shape index (κ1) is 24.3. The molecule has 3 aromatic carbocycles. The molecule has 0 spiro atoms. The van der Waals surface area contributed by atoms with Crippen molar-refractivity contribution in [1.29, 1.82) is 0 Å². The smallest absolute Gasteiger partial charge is 0.267 e. The van der Waals surface area contributed by atoms with Gasteiger partial charge in [0.1, 0.15) is 23.9 Å². The van der Waals surface area contributed by atoms with E-state index in [0.717, 1.165) is 16.9 Å². The van der Waals surface area contributed by atoms with E-state index in [-0.39, 0.29) is 18.3 Å². The van der Waals surface area contributed by atoms with Gasteiger partial charge in [-0.25, -0.2) is 4.39 Å². The highest BCUT2D eigenvalue weighted by Gasteiger charge is 2.34. The molecular weight excluding hydrogens is 489 g/mol. The molecular formula is C29H22FN3O3S. The fourth-order valence-electron chi connectivity index (χ4n) is 3.56. The van der Waals surface area contributed by atoms with Crippen molar-refractivity contribution in [3.63, 3.8) is 0 Å². The number of carbonyl (C=O) groups is 1. The molecule has 0 atom stereocenters. The molecule has 1 saturated heterocycles. The van der Waals surface area contributed by atoms with Crippen LogP contribution in [0.15, 0.2) is 117 Å². The van der Waals surface area contributed by atoms with Gasteiger partial charge >= 0.3 is 0 Å². The number of benzene rings is 3. The molecule has 6 nitrogen and oxygen atoms in total. The lowest BCUT2D eigenvalue weighted by Gasteiger charge is -2.12. The van der Waals surface area contributed by atoms with Crippen LogP contribution in [0, 0.1) is 5.82 Å². The third kappa shape index (κ3) is 6.42. The zero-order chi connectivity index (χ0) is 25.5. The molecule has 1 amide bonds. The monoisotopic (exact) mass is 511 g/mol. The summed E-state index contributed by atoms with van der Waals surface area (Å²) >= 11 is 1.21. The Bertz CT molecular complexity index is 1450. The predicted molar refractivity (Wildman–Crippen MR) is 143 cm³/mol. The summed E-state index contributed by atoms with van der Waals surface area (Å²) in [4.78, 5) is 15.1. The molecule has 184 valence electrons. The number of amides is 1. The summed E-state index contributed by atoms with van der Waals surface area (Å²) in [6.07, 6.45) is 4.88. The van der Waals surface area contributed by atoms with Gasteiger partial charge in [-0.1, -0.05) is 54.6 Å². The Kier molecular flexibility index (Phi) is 7.57. The average molecular weight is 512 g/mol. The van der Waals surface area contributed by atoms with Crippen LogP contribution in [-0.2, 0) is 17.9 Å². The van der Waals surface area contributed by atoms with Crippen LogP contribution in [-0.4, -0.2) is 22.2 Å². The maximum atomic E-state index is 13.3. The molecule has 0 bridgehead atoms. The van der Waals surface area contributed by atoms with E-state index >= 15 is 0 Å². The second-order valence-corrected chi connectivity index (χ2v) is 9.12. The number of amidine groups is 1. The SMILES string of the molecule is O=C1/C(=C/c2ccc(F)cc2)S/C(=N/N=C\c2cccc(OCc3ccccc3)c2)N1Cc1ccco1. The lowest BCUT2D eigenvalue weighted by molar-refractivity contribution is -0.122. The van der Waals surface area contributed by atoms with Crippen molar-refractivity contribution < 1.29 is 18.3 Å². The van der Waals surface area contributed by atoms with Crippen molar-refractivity contribution in [3.05, 3.63) is 130 Å². The van der Waals surface area contributed by atoms with Crippen LogP contribution in [0.25, 0.3) is 6.08 Å². The van der Waals surface area contributed by atoms with Crippen LogP contribution < -0.4 is 4.74 Å². The van der Waals surface area contributed by atoms with Crippen LogP contribution >= 0.6 is 11.8 Å². The minimum atomic E-state index is -0.335. The fourth-order valence-corrected chi connectivity index (χ4v) is 4.50. The van der Waals surface area contributed by atoms with Gasteiger partial charge in [-0.3, -0.25) is 9.69 Å². The van der Waals surface area contributed by atoms with Gasteiger partial charge in [0.25, 0.3) is 5.91 Å². The molecule has 2 heterocycles. The molecule has 0 N–H and O–H groups in total. The summed E-state index contributed by atoms with van der Waals surface area (Å²) in [6.45, 7) is 0.685. The van der Waals surface area contributed by atoms with Crippen molar-refractivity contribution >= 4 is 35.1 Å². The zero-order valence-electron chi connectivity index (χ0n) is 19.7. The lowest BCUT2D eigenvalue weighted by Crippen LogP contribution is -2.28. The number of halogens is 1. The molecule has 0 radical (unpaired) electrons. The van der Waals surface area contributed by atoms with Gasteiger partial charge in [0.05, 0.1) is 23.9 Å². The van der Waals surface area contributed by atoms with Crippen molar-refractivity contribution in [2.45, 2.75) is 13.2 Å². The van der Waals surface area contributed by atoms with E-state index in [9.17, 15) is 9.18 Å². The normalized spacial score (nSPS) is 15.8. The van der Waals surface area contributed by atoms with E-state index in [0.29, 0.717) is 28.0 Å². The maximum Gasteiger partial charge on any atom is 0.267 e. The molecule has 1 aromatic heterocycles. The molecule has 4 aromatic rings. The second-order valence-electron chi connectivity index (χ2n) is 8.11. The standard InChI is InChI=1S/C29H22FN3O3S/c30-24-13-11-21(12-14-24)17-27-28(34)33(19-26-10-5-15-35-26)29(37-27)32-31-18-23-8-4-9-25(16-23)36-20-22-6-2-1-3-7-22/h1-18H,19-20H2/b27-17-,31-18-,32-29+. The van der Waals surface area contributed by atoms with Crippen molar-refractivity contribution in [1.82, 2.24) is 4.90 Å². The summed E-state index contributed by atoms with van der Waals surface area (Å²) in [5, 5.41) is 8.99. The fraction of sp³-hybridized carbons (Fsp3) is 0.0690. The Labute approximate surface area is 217 Å². The quantitative estimate of drug-likeness (QED) is 0.154. The van der Waals surface area contributed by atoms with Crippen LogP contribution in [0.1, 0.15) is 22.5 Å². The van der Waals surface area contributed by atoms with E-state index in [4.69, 9.17) is 9.15 Å². The molecule has 0 saturated carbocycles. The highest BCUT2D eigenvalue weighted by Crippen LogP contribution is 2.34. The molecule has 8 heteroatoms. The van der Waals surface area contributed by atoms with Crippen LogP contribution in [0.4, 0.5) is 4.39 Å². The van der Waals surface area contributed by atoms with Gasteiger partial charge in [0.2, 0.25) is 0 Å². The maximum absolute atomic E-state index is 13.3. The highest BCUT2D eigenvalue weighted by molar-refractivity contribution is 8.18. The first-order valence-electron chi connectivity index (χ1n) is 11.5. The third-order valence-electron chi connectivity index (χ3n) is 5.41. The molecule has 0 aliphatic carbocycles. The van der Waals surface area contributed by atoms with Crippen molar-refractivity contribution in [3.8, 4) is 5.75 Å². The molecule has 1 aliphatic rings. The topological polar surface area (TPSA) is 67.4 Å². The zero-order valence-corrected chi connectivity index (χ0v) is 20.5. The van der Waals surface area contributed by atoms with Crippen LogP contribution in [0.3, 0.4) is 0 Å². The van der Waals surface area contributed by atoms with E-state index < -0.39 is 0 Å². The summed E-state index contributed by atoms with van der Waals surface area (Å²) in [6, 6.07) is 27.0. The Morgan fingerprint density at radius 3 is 2.57 bits per heavy atom. The van der Waals surface area contributed by atoms with E-state index in [1.54, 1.807) is 42.8 Å². The second kappa shape index (κ2) is 11.5. The van der Waals surface area contributed by atoms with Gasteiger partial charge in [0, 0.05) is 0 Å². The first-order valence-corrected chi connectivity index (χ1v) is 12.3. The van der Waals surface area contributed by atoms with Gasteiger partial charge in [-0.15, -0.1) is 5.10 Å². The molecule has 37 heavy (non-hydrogen) atoms. The summed E-state index contributed by atoms with van der Waals surface area (Å²) in [7, 11) is 0. The van der Waals surface area contributed by atoms with Crippen molar-refractivity contribution in [2.24, 2.45) is 10.2 Å². The minimum Gasteiger partial charge on any atom is -0.489 e. The number of hydrogen-bond donors (Lipinski definition) is 0. The summed E-state index contributed by atoms with van der Waals surface area (Å²) in [5.41, 5.74) is 2.60. The van der Waals surface area contributed by atoms with Gasteiger partial charge in [-0.2, -0.15) is 5.10 Å². The Morgan fingerprint density at radius 1 is 0.946 bits per heavy atom. The van der Waals surface area contributed by atoms with Gasteiger partial charge in [0.15, 0.2) is 5.17 Å². The van der Waals surface area contributed by atoms with Gasteiger partial charge < -0.3 is 9.15 Å². The number of carbonyl (C=O) groups excluding carboxylic acids is 1. The Morgan fingerprint density at radius 2 is 1.78 bits per heavy atom. The van der Waals surface area contributed by atoms with Crippen molar-refractivity contribution in [2.75, 3.05) is 0 Å². The highest BCUT2D eigenvalue weighted by atomic mass is 32.2. The first-order chi connectivity index (χ1) is 18.1. The Hall–Kier alpha value is -4.43. The largest absolute Gasteiger partial charge is 0.489 e. The summed E-state index contributed by atoms with van der Waals surface area (Å²) in [5.74, 6) is 0.779. The number of nitrogens with zero attached hydrogens (tertiary/aromatic N) is 3. The number of ether oxygens (including phenoxy) is 1. The molecule has 0 unspecified atom stereocenters. The number of hydrogen-bond acceptors (Lipinski definition) is 6. The summed E-state index contributed by atoms with van der Waals surface area (Å²) < 4.78 is 24.6. The van der Waals surface area contributed by atoms with E-state index in [1.165, 1.54) is 28.8 Å². The molecule has 1 fully saturated rings. The van der Waals surface area contributed by atoms with Crippen LogP contribution in [0.5, 0.6) is 5.75 Å². The number of thioether (sulfide) groups is 1. The lowest BCUT2D eigenvalue weighted by atomic mass is 10.2. The van der Waals surface area contributed by atoms with E-state index in [1.807, 2.05) is 54.6 Å². The Balaban J connectivity index is 1.33.